The molecule has 1 heterocycles. The van der Waals surface area contributed by atoms with E-state index in [2.05, 4.69) is 49.1 Å². The Labute approximate surface area is 129 Å². The molecule has 0 bridgehead atoms. The van der Waals surface area contributed by atoms with Gasteiger partial charge in [0, 0.05) is 18.1 Å². The highest BCUT2D eigenvalue weighted by molar-refractivity contribution is 5.21. The Morgan fingerprint density at radius 2 is 1.76 bits per heavy atom. The lowest BCUT2D eigenvalue weighted by Gasteiger charge is -2.46. The first-order valence-corrected chi connectivity index (χ1v) is 8.74. The lowest BCUT2D eigenvalue weighted by molar-refractivity contribution is 0.0331. The van der Waals surface area contributed by atoms with Crippen molar-refractivity contribution in [3.05, 3.63) is 35.9 Å². The van der Waals surface area contributed by atoms with Gasteiger partial charge < -0.3 is 5.73 Å². The molecule has 2 aliphatic rings. The summed E-state index contributed by atoms with van der Waals surface area (Å²) in [7, 11) is 0. The van der Waals surface area contributed by atoms with Crippen LogP contribution in [0.1, 0.15) is 57.6 Å². The molecule has 0 aromatic heterocycles. The molecule has 4 unspecified atom stereocenters. The van der Waals surface area contributed by atoms with E-state index >= 15 is 0 Å². The van der Waals surface area contributed by atoms with Crippen LogP contribution in [0, 0.1) is 11.8 Å². The molecular formula is C19H30N2. The van der Waals surface area contributed by atoms with E-state index in [1.54, 1.807) is 0 Å². The van der Waals surface area contributed by atoms with Crippen molar-refractivity contribution in [1.82, 2.24) is 4.90 Å². The van der Waals surface area contributed by atoms with Crippen molar-refractivity contribution >= 4 is 0 Å². The van der Waals surface area contributed by atoms with E-state index in [0.29, 0.717) is 12.0 Å². The molecule has 116 valence electrons. The molecule has 1 saturated heterocycles. The monoisotopic (exact) mass is 286 g/mol. The number of hydrogen-bond acceptors (Lipinski definition) is 2. The van der Waals surface area contributed by atoms with Crippen molar-refractivity contribution in [2.75, 3.05) is 6.54 Å². The molecule has 2 fully saturated rings. The van der Waals surface area contributed by atoms with Gasteiger partial charge in [-0.2, -0.15) is 0 Å². The van der Waals surface area contributed by atoms with Crippen LogP contribution in [0.3, 0.4) is 0 Å². The summed E-state index contributed by atoms with van der Waals surface area (Å²) in [4.78, 5) is 2.78. The van der Waals surface area contributed by atoms with Gasteiger partial charge in [0.25, 0.3) is 0 Å². The second-order valence-electron chi connectivity index (χ2n) is 7.31. The lowest BCUT2D eigenvalue weighted by Crippen LogP contribution is -2.54. The van der Waals surface area contributed by atoms with E-state index in [-0.39, 0.29) is 6.04 Å². The number of piperidine rings is 1. The Kier molecular flexibility index (Phi) is 4.66. The maximum Gasteiger partial charge on any atom is 0.0455 e. The molecule has 2 nitrogen and oxygen atoms in total. The summed E-state index contributed by atoms with van der Waals surface area (Å²) < 4.78 is 0. The molecule has 0 amide bonds. The number of nitrogens with two attached hydrogens (primary N) is 1. The fourth-order valence-electron chi connectivity index (χ4n) is 4.74. The van der Waals surface area contributed by atoms with E-state index in [0.717, 1.165) is 12.0 Å². The first-order valence-electron chi connectivity index (χ1n) is 8.74. The van der Waals surface area contributed by atoms with Crippen LogP contribution < -0.4 is 5.73 Å². The normalized spacial score (nSPS) is 29.3. The third-order valence-corrected chi connectivity index (χ3v) is 5.65. The maximum atomic E-state index is 6.71. The van der Waals surface area contributed by atoms with E-state index in [1.165, 1.54) is 44.2 Å². The molecule has 1 aromatic rings. The maximum absolute atomic E-state index is 6.71. The lowest BCUT2D eigenvalue weighted by atomic mass is 9.84. The Morgan fingerprint density at radius 3 is 2.48 bits per heavy atom. The van der Waals surface area contributed by atoms with Crippen molar-refractivity contribution in [1.29, 1.82) is 0 Å². The topological polar surface area (TPSA) is 29.3 Å². The summed E-state index contributed by atoms with van der Waals surface area (Å²) in [6, 6.07) is 12.1. The van der Waals surface area contributed by atoms with Gasteiger partial charge in [-0.05, 0) is 49.6 Å². The molecule has 21 heavy (non-hydrogen) atoms. The van der Waals surface area contributed by atoms with E-state index in [1.807, 2.05) is 0 Å². The first-order chi connectivity index (χ1) is 10.2. The van der Waals surface area contributed by atoms with Gasteiger partial charge in [-0.1, -0.05) is 50.6 Å². The molecule has 0 radical (unpaired) electrons. The summed E-state index contributed by atoms with van der Waals surface area (Å²) in [5, 5.41) is 0. The summed E-state index contributed by atoms with van der Waals surface area (Å²) in [6.45, 7) is 5.92. The smallest absolute Gasteiger partial charge is 0.0455 e. The highest BCUT2D eigenvalue weighted by atomic mass is 15.2. The largest absolute Gasteiger partial charge is 0.323 e. The molecule has 0 spiro atoms. The zero-order valence-electron chi connectivity index (χ0n) is 13.5. The Hall–Kier alpha value is -0.860. The van der Waals surface area contributed by atoms with Crippen LogP contribution in [0.2, 0.25) is 0 Å². The van der Waals surface area contributed by atoms with Gasteiger partial charge in [0.2, 0.25) is 0 Å². The number of benzene rings is 1. The van der Waals surface area contributed by atoms with Crippen LogP contribution in [-0.4, -0.2) is 23.5 Å². The molecule has 1 aliphatic carbocycles. The van der Waals surface area contributed by atoms with Gasteiger partial charge in [0.1, 0.15) is 0 Å². The van der Waals surface area contributed by atoms with Gasteiger partial charge in [0.15, 0.2) is 0 Å². The van der Waals surface area contributed by atoms with Crippen molar-refractivity contribution in [2.24, 2.45) is 17.6 Å². The molecule has 1 aliphatic heterocycles. The second kappa shape index (κ2) is 6.50. The van der Waals surface area contributed by atoms with Crippen LogP contribution >= 0.6 is 0 Å². The van der Waals surface area contributed by atoms with Gasteiger partial charge in [-0.15, -0.1) is 0 Å². The number of nitrogens with zero attached hydrogens (tertiary/aromatic N) is 1. The summed E-state index contributed by atoms with van der Waals surface area (Å²) in [5.74, 6) is 1.53. The summed E-state index contributed by atoms with van der Waals surface area (Å²) in [6.07, 6.45) is 7.03. The van der Waals surface area contributed by atoms with Crippen LogP contribution in [0.5, 0.6) is 0 Å². The minimum atomic E-state index is 0.130. The predicted octanol–water partition coefficient (Wildman–Crippen LogP) is 3.98. The second-order valence-corrected chi connectivity index (χ2v) is 7.31. The Balaban J connectivity index is 1.84. The first kappa shape index (κ1) is 15.1. The van der Waals surface area contributed by atoms with Crippen molar-refractivity contribution < 1.29 is 0 Å². The third kappa shape index (κ3) is 3.02. The minimum absolute atomic E-state index is 0.130. The van der Waals surface area contributed by atoms with E-state index in [9.17, 15) is 0 Å². The molecule has 1 aromatic carbocycles. The van der Waals surface area contributed by atoms with E-state index < -0.39 is 0 Å². The Morgan fingerprint density at radius 1 is 1.05 bits per heavy atom. The van der Waals surface area contributed by atoms with Crippen LogP contribution in [0.4, 0.5) is 0 Å². The average molecular weight is 286 g/mol. The molecule has 2 N–H and O–H groups in total. The average Bonchev–Trinajstić information content (AvgIpc) is 2.97. The van der Waals surface area contributed by atoms with Crippen LogP contribution in [0.25, 0.3) is 0 Å². The number of rotatable bonds is 4. The summed E-state index contributed by atoms with van der Waals surface area (Å²) >= 11 is 0. The van der Waals surface area contributed by atoms with E-state index in [4.69, 9.17) is 5.73 Å². The fourth-order valence-corrected chi connectivity index (χ4v) is 4.74. The number of likely N-dealkylation sites (tertiary alicyclic amines) is 1. The van der Waals surface area contributed by atoms with Gasteiger partial charge in [0.05, 0.1) is 0 Å². The molecule has 2 heteroatoms. The van der Waals surface area contributed by atoms with Crippen LogP contribution in [-0.2, 0) is 0 Å². The van der Waals surface area contributed by atoms with Crippen molar-refractivity contribution in [3.8, 4) is 0 Å². The molecular weight excluding hydrogens is 256 g/mol. The summed E-state index contributed by atoms with van der Waals surface area (Å²) in [5.41, 5.74) is 8.00. The predicted molar refractivity (Wildman–Crippen MR) is 89.1 cm³/mol. The Bertz CT molecular complexity index is 442. The van der Waals surface area contributed by atoms with Crippen LogP contribution in [0.15, 0.2) is 30.3 Å². The van der Waals surface area contributed by atoms with Crippen molar-refractivity contribution in [3.63, 3.8) is 0 Å². The standard InChI is InChI=1S/C19H30N2/c1-14(2)19(18(20)16-8-4-3-5-9-16)21-13-7-11-15-10-6-12-17(15)21/h3-5,8-9,14-15,17-19H,6-7,10-13,20H2,1-2H3. The third-order valence-electron chi connectivity index (χ3n) is 5.65. The highest BCUT2D eigenvalue weighted by Crippen LogP contribution is 2.40. The molecule has 4 atom stereocenters. The highest BCUT2D eigenvalue weighted by Gasteiger charge is 2.40. The van der Waals surface area contributed by atoms with Gasteiger partial charge >= 0.3 is 0 Å². The zero-order valence-corrected chi connectivity index (χ0v) is 13.5. The van der Waals surface area contributed by atoms with Gasteiger partial charge in [-0.25, -0.2) is 0 Å². The number of fused-ring (bicyclic) bond motifs is 1. The quantitative estimate of drug-likeness (QED) is 0.907. The SMILES string of the molecule is CC(C)C(C(N)c1ccccc1)N1CCCC2CCCC21. The zero-order chi connectivity index (χ0) is 14.8. The van der Waals surface area contributed by atoms with Gasteiger partial charge in [-0.3, -0.25) is 4.90 Å². The van der Waals surface area contributed by atoms with Crippen molar-refractivity contribution in [2.45, 2.75) is 64.1 Å². The number of hydrogen-bond donors (Lipinski definition) is 1. The minimum Gasteiger partial charge on any atom is -0.323 e. The molecule has 1 saturated carbocycles. The fraction of sp³-hybridized carbons (Fsp3) is 0.684. The molecule has 3 rings (SSSR count).